The zero-order chi connectivity index (χ0) is 20.3. The monoisotopic (exact) mass is 403 g/mol. The molecule has 1 aromatic heterocycles. The minimum Gasteiger partial charge on any atom is -0.366 e. The number of hydrogen-bond acceptors (Lipinski definition) is 5. The second-order valence-electron chi connectivity index (χ2n) is 7.26. The number of nitrogens with zero attached hydrogens (tertiary/aromatic N) is 4. The molecule has 1 aliphatic rings. The third-order valence-electron chi connectivity index (χ3n) is 4.91. The van der Waals surface area contributed by atoms with Gasteiger partial charge in [-0.25, -0.2) is 0 Å². The van der Waals surface area contributed by atoms with Crippen molar-refractivity contribution in [1.82, 2.24) is 20.0 Å². The van der Waals surface area contributed by atoms with Gasteiger partial charge in [0.25, 0.3) is 5.56 Å². The van der Waals surface area contributed by atoms with E-state index < -0.39 is 0 Å². The molecule has 0 spiro atoms. The van der Waals surface area contributed by atoms with Crippen LogP contribution in [0.15, 0.2) is 41.3 Å². The van der Waals surface area contributed by atoms with Crippen molar-refractivity contribution in [3.63, 3.8) is 0 Å². The van der Waals surface area contributed by atoms with Gasteiger partial charge in [-0.3, -0.25) is 14.5 Å². The van der Waals surface area contributed by atoms with Crippen LogP contribution in [0.25, 0.3) is 5.69 Å². The van der Waals surface area contributed by atoms with Crippen LogP contribution in [0.5, 0.6) is 0 Å². The van der Waals surface area contributed by atoms with E-state index in [-0.39, 0.29) is 28.6 Å². The second kappa shape index (κ2) is 8.75. The SMILES string of the molecule is CC(C)NC(=O)C(C)N1CCN(c2cnn(-c3ccccc3)c(=O)c2Cl)CC1. The van der Waals surface area contributed by atoms with Gasteiger partial charge in [-0.2, -0.15) is 9.78 Å². The Morgan fingerprint density at radius 1 is 1.11 bits per heavy atom. The van der Waals surface area contributed by atoms with Crippen molar-refractivity contribution < 1.29 is 4.79 Å². The second-order valence-corrected chi connectivity index (χ2v) is 7.64. The van der Waals surface area contributed by atoms with Crippen molar-refractivity contribution in [2.45, 2.75) is 32.9 Å². The third kappa shape index (κ3) is 4.36. The molecule has 7 nitrogen and oxygen atoms in total. The lowest BCUT2D eigenvalue weighted by Crippen LogP contribution is -2.54. The standard InChI is InChI=1S/C20H26ClN5O2/c1-14(2)23-19(27)15(3)24-9-11-25(12-10-24)17-13-22-26(20(28)18(17)21)16-7-5-4-6-8-16/h4-8,13-15H,9-12H2,1-3H3,(H,23,27). The lowest BCUT2D eigenvalue weighted by Gasteiger charge is -2.38. The molecule has 150 valence electrons. The van der Waals surface area contributed by atoms with Crippen LogP contribution >= 0.6 is 11.6 Å². The van der Waals surface area contributed by atoms with Gasteiger partial charge in [0.15, 0.2) is 0 Å². The van der Waals surface area contributed by atoms with Crippen LogP contribution in [0.3, 0.4) is 0 Å². The van der Waals surface area contributed by atoms with Gasteiger partial charge in [0.1, 0.15) is 5.02 Å². The Kier molecular flexibility index (Phi) is 6.36. The molecule has 1 atom stereocenters. The number of anilines is 1. The molecule has 2 aromatic rings. The molecule has 1 aromatic carbocycles. The number of halogens is 1. The summed E-state index contributed by atoms with van der Waals surface area (Å²) in [5, 5.41) is 7.42. The number of hydrogen-bond donors (Lipinski definition) is 1. The van der Waals surface area contributed by atoms with Crippen LogP contribution < -0.4 is 15.8 Å². The molecular weight excluding hydrogens is 378 g/mol. The van der Waals surface area contributed by atoms with Gasteiger partial charge in [-0.1, -0.05) is 29.8 Å². The van der Waals surface area contributed by atoms with Gasteiger partial charge in [-0.05, 0) is 32.9 Å². The Morgan fingerprint density at radius 2 is 1.75 bits per heavy atom. The molecule has 0 bridgehead atoms. The maximum Gasteiger partial charge on any atom is 0.292 e. The van der Waals surface area contributed by atoms with Gasteiger partial charge in [0.05, 0.1) is 23.6 Å². The molecule has 28 heavy (non-hydrogen) atoms. The Bertz CT molecular complexity index is 876. The first-order chi connectivity index (χ1) is 13.4. The van der Waals surface area contributed by atoms with E-state index in [0.717, 1.165) is 0 Å². The molecule has 1 N–H and O–H groups in total. The van der Waals surface area contributed by atoms with E-state index in [9.17, 15) is 9.59 Å². The topological polar surface area (TPSA) is 70.5 Å². The summed E-state index contributed by atoms with van der Waals surface area (Å²) >= 11 is 6.40. The summed E-state index contributed by atoms with van der Waals surface area (Å²) in [7, 11) is 0. The van der Waals surface area contributed by atoms with Crippen LogP contribution in [-0.4, -0.2) is 58.9 Å². The normalized spacial score (nSPS) is 16.2. The fraction of sp³-hybridized carbons (Fsp3) is 0.450. The Balaban J connectivity index is 1.70. The highest BCUT2D eigenvalue weighted by atomic mass is 35.5. The van der Waals surface area contributed by atoms with Crippen LogP contribution in [0.1, 0.15) is 20.8 Å². The molecule has 0 aliphatic carbocycles. The average molecular weight is 404 g/mol. The van der Waals surface area contributed by atoms with Gasteiger partial charge in [0, 0.05) is 32.2 Å². The summed E-state index contributed by atoms with van der Waals surface area (Å²) in [6.45, 7) is 8.61. The molecule has 0 radical (unpaired) electrons. The number of benzene rings is 1. The third-order valence-corrected chi connectivity index (χ3v) is 5.27. The summed E-state index contributed by atoms with van der Waals surface area (Å²) in [4.78, 5) is 29.1. The van der Waals surface area contributed by atoms with Gasteiger partial charge in [0.2, 0.25) is 5.91 Å². The van der Waals surface area contributed by atoms with Crippen molar-refractivity contribution in [3.8, 4) is 5.69 Å². The fourth-order valence-corrected chi connectivity index (χ4v) is 3.57. The predicted molar refractivity (Wildman–Crippen MR) is 111 cm³/mol. The van der Waals surface area contributed by atoms with Gasteiger partial charge in [-0.15, -0.1) is 0 Å². The lowest BCUT2D eigenvalue weighted by molar-refractivity contribution is -0.126. The molecule has 0 saturated carbocycles. The number of amides is 1. The highest BCUT2D eigenvalue weighted by Gasteiger charge is 2.27. The van der Waals surface area contributed by atoms with Crippen molar-refractivity contribution >= 4 is 23.2 Å². The van der Waals surface area contributed by atoms with E-state index in [2.05, 4.69) is 20.2 Å². The molecular formula is C20H26ClN5O2. The Morgan fingerprint density at radius 3 is 2.36 bits per heavy atom. The largest absolute Gasteiger partial charge is 0.366 e. The number of carbonyl (C=O) groups is 1. The van der Waals surface area contributed by atoms with Crippen molar-refractivity contribution in [2.75, 3.05) is 31.1 Å². The zero-order valence-electron chi connectivity index (χ0n) is 16.4. The maximum absolute atomic E-state index is 12.7. The quantitative estimate of drug-likeness (QED) is 0.825. The van der Waals surface area contributed by atoms with Gasteiger partial charge < -0.3 is 10.2 Å². The molecule has 8 heteroatoms. The Hall–Kier alpha value is -2.38. The molecule has 1 fully saturated rings. The zero-order valence-corrected chi connectivity index (χ0v) is 17.2. The number of carbonyl (C=O) groups excluding carboxylic acids is 1. The molecule has 1 unspecified atom stereocenters. The summed E-state index contributed by atoms with van der Waals surface area (Å²) in [6, 6.07) is 9.13. The summed E-state index contributed by atoms with van der Waals surface area (Å²) in [5.41, 5.74) is 0.978. The number of piperazine rings is 1. The average Bonchev–Trinajstić information content (AvgIpc) is 2.70. The van der Waals surface area contributed by atoms with Crippen molar-refractivity contribution in [1.29, 1.82) is 0 Å². The summed E-state index contributed by atoms with van der Waals surface area (Å²) < 4.78 is 1.31. The predicted octanol–water partition coefficient (Wildman–Crippen LogP) is 1.92. The molecule has 2 heterocycles. The first kappa shape index (κ1) is 20.4. The molecule has 1 aliphatic heterocycles. The number of para-hydroxylation sites is 1. The highest BCUT2D eigenvalue weighted by molar-refractivity contribution is 6.33. The van der Waals surface area contributed by atoms with E-state index in [1.807, 2.05) is 51.1 Å². The van der Waals surface area contributed by atoms with E-state index in [4.69, 9.17) is 11.6 Å². The van der Waals surface area contributed by atoms with Gasteiger partial charge >= 0.3 is 0 Å². The van der Waals surface area contributed by atoms with E-state index in [1.54, 1.807) is 6.20 Å². The molecule has 3 rings (SSSR count). The van der Waals surface area contributed by atoms with E-state index in [0.29, 0.717) is 37.6 Å². The highest BCUT2D eigenvalue weighted by Crippen LogP contribution is 2.23. The van der Waals surface area contributed by atoms with Crippen molar-refractivity contribution in [2.24, 2.45) is 0 Å². The summed E-state index contributed by atoms with van der Waals surface area (Å²) in [6.07, 6.45) is 1.64. The number of aromatic nitrogens is 2. The minimum absolute atomic E-state index is 0.0357. The van der Waals surface area contributed by atoms with Crippen molar-refractivity contribution in [3.05, 3.63) is 51.9 Å². The molecule has 1 saturated heterocycles. The fourth-order valence-electron chi connectivity index (χ4n) is 3.32. The maximum atomic E-state index is 12.7. The molecule has 1 amide bonds. The Labute approximate surface area is 169 Å². The van der Waals surface area contributed by atoms with Crippen LogP contribution in [0, 0.1) is 0 Å². The smallest absolute Gasteiger partial charge is 0.292 e. The van der Waals surface area contributed by atoms with Crippen LogP contribution in [0.4, 0.5) is 5.69 Å². The van der Waals surface area contributed by atoms with E-state index >= 15 is 0 Å². The number of rotatable bonds is 5. The first-order valence-electron chi connectivity index (χ1n) is 9.51. The minimum atomic E-state index is -0.336. The van der Waals surface area contributed by atoms with E-state index in [1.165, 1.54) is 4.68 Å². The van der Waals surface area contributed by atoms with Crippen LogP contribution in [0.2, 0.25) is 5.02 Å². The first-order valence-corrected chi connectivity index (χ1v) is 9.89. The lowest BCUT2D eigenvalue weighted by atomic mass is 10.2. The summed E-state index contributed by atoms with van der Waals surface area (Å²) in [5.74, 6) is 0.0357. The van der Waals surface area contributed by atoms with Crippen LogP contribution in [-0.2, 0) is 4.79 Å². The number of nitrogens with one attached hydrogen (secondary N) is 1.